The van der Waals surface area contributed by atoms with Crippen molar-refractivity contribution in [2.24, 2.45) is 0 Å². The van der Waals surface area contributed by atoms with Gasteiger partial charge in [0.2, 0.25) is 0 Å². The van der Waals surface area contributed by atoms with Gasteiger partial charge < -0.3 is 5.11 Å². The van der Waals surface area contributed by atoms with E-state index in [0.717, 1.165) is 6.42 Å². The lowest BCUT2D eigenvalue weighted by Crippen LogP contribution is -1.98. The molecule has 0 amide bonds. The molecule has 0 fully saturated rings. The fourth-order valence-corrected chi connectivity index (χ4v) is 1.62. The Morgan fingerprint density at radius 3 is 2.87 bits per heavy atom. The molecular weight excluding hydrogens is 215 g/mol. The molecule has 1 unspecified atom stereocenters. The van der Waals surface area contributed by atoms with Gasteiger partial charge in [0.1, 0.15) is 5.82 Å². The summed E-state index contributed by atoms with van der Waals surface area (Å²) < 4.78 is 12.7. The monoisotopic (exact) mass is 226 g/mol. The number of hydrogen-bond donors (Lipinski definition) is 1. The summed E-state index contributed by atoms with van der Waals surface area (Å²) in [4.78, 5) is 0. The highest BCUT2D eigenvalue weighted by Gasteiger charge is 2.11. The Balaban J connectivity index is 2.66. The van der Waals surface area contributed by atoms with Gasteiger partial charge in [-0.1, -0.05) is 17.7 Å². The maximum Gasteiger partial charge on any atom is 0.124 e. The number of benzene rings is 1. The van der Waals surface area contributed by atoms with E-state index in [1.54, 1.807) is 0 Å². The molecule has 1 rings (SSSR count). The van der Waals surface area contributed by atoms with Gasteiger partial charge in [0.15, 0.2) is 0 Å². The van der Waals surface area contributed by atoms with Gasteiger partial charge in [0, 0.05) is 11.4 Å². The predicted molar refractivity (Wildman–Crippen MR) is 59.1 cm³/mol. The van der Waals surface area contributed by atoms with Gasteiger partial charge in [-0.2, -0.15) is 0 Å². The zero-order chi connectivity index (χ0) is 11.3. The Morgan fingerprint density at radius 2 is 2.27 bits per heavy atom. The van der Waals surface area contributed by atoms with Crippen LogP contribution < -0.4 is 0 Å². The Bertz CT molecular complexity index is 370. The molecule has 0 heterocycles. The second-order valence-corrected chi connectivity index (χ2v) is 3.69. The number of unbranched alkanes of at least 4 members (excludes halogenated alkanes) is 1. The van der Waals surface area contributed by atoms with Crippen LogP contribution in [0.3, 0.4) is 0 Å². The Kier molecular flexibility index (Phi) is 4.61. The van der Waals surface area contributed by atoms with Crippen LogP contribution in [0.1, 0.15) is 30.9 Å². The van der Waals surface area contributed by atoms with Crippen molar-refractivity contribution in [3.8, 4) is 12.3 Å². The van der Waals surface area contributed by atoms with Gasteiger partial charge in [-0.25, -0.2) is 4.39 Å². The maximum atomic E-state index is 12.7. The first kappa shape index (κ1) is 12.0. The molecule has 0 aliphatic rings. The third-order valence-corrected chi connectivity index (χ3v) is 2.45. The average molecular weight is 227 g/mol. The molecular formula is C12H12ClFO. The predicted octanol–water partition coefficient (Wildman–Crippen LogP) is 3.32. The Morgan fingerprint density at radius 1 is 1.53 bits per heavy atom. The molecule has 0 spiro atoms. The minimum Gasteiger partial charge on any atom is -0.388 e. The van der Waals surface area contributed by atoms with E-state index in [2.05, 4.69) is 5.92 Å². The number of halogens is 2. The quantitative estimate of drug-likeness (QED) is 0.617. The van der Waals surface area contributed by atoms with E-state index in [9.17, 15) is 9.50 Å². The molecule has 3 heteroatoms. The molecule has 80 valence electrons. The van der Waals surface area contributed by atoms with Crippen molar-refractivity contribution in [2.75, 3.05) is 0 Å². The lowest BCUT2D eigenvalue weighted by molar-refractivity contribution is 0.165. The summed E-state index contributed by atoms with van der Waals surface area (Å²) in [5.41, 5.74) is 0.551. The molecule has 0 radical (unpaired) electrons. The summed E-state index contributed by atoms with van der Waals surface area (Å²) in [5, 5.41) is 10.00. The third-order valence-electron chi connectivity index (χ3n) is 2.12. The average Bonchev–Trinajstić information content (AvgIpc) is 2.17. The fourth-order valence-electron chi connectivity index (χ4n) is 1.32. The van der Waals surface area contributed by atoms with Crippen LogP contribution >= 0.6 is 11.6 Å². The first-order valence-corrected chi connectivity index (χ1v) is 5.09. The third kappa shape index (κ3) is 3.54. The van der Waals surface area contributed by atoms with E-state index in [-0.39, 0.29) is 5.02 Å². The molecule has 0 bridgehead atoms. The summed E-state index contributed by atoms with van der Waals surface area (Å²) in [6.45, 7) is 0. The molecule has 1 aromatic rings. The second-order valence-electron chi connectivity index (χ2n) is 3.28. The molecule has 0 aliphatic carbocycles. The van der Waals surface area contributed by atoms with Crippen molar-refractivity contribution in [1.29, 1.82) is 0 Å². The molecule has 0 saturated carbocycles. The molecule has 1 N–H and O–H groups in total. The van der Waals surface area contributed by atoms with E-state index in [0.29, 0.717) is 18.4 Å². The highest BCUT2D eigenvalue weighted by Crippen LogP contribution is 2.26. The normalized spacial score (nSPS) is 12.1. The van der Waals surface area contributed by atoms with Gasteiger partial charge in [0.25, 0.3) is 0 Å². The van der Waals surface area contributed by atoms with E-state index >= 15 is 0 Å². The summed E-state index contributed by atoms with van der Waals surface area (Å²) >= 11 is 5.80. The van der Waals surface area contributed by atoms with Crippen molar-refractivity contribution in [3.05, 3.63) is 34.6 Å². The number of rotatable bonds is 4. The number of aliphatic hydroxyl groups is 1. The molecule has 15 heavy (non-hydrogen) atoms. The number of hydrogen-bond acceptors (Lipinski definition) is 1. The van der Waals surface area contributed by atoms with Crippen LogP contribution in [-0.2, 0) is 0 Å². The summed E-state index contributed by atoms with van der Waals surface area (Å²) in [7, 11) is 0. The molecule has 1 nitrogen and oxygen atoms in total. The minimum atomic E-state index is -0.675. The minimum absolute atomic E-state index is 0.253. The largest absolute Gasteiger partial charge is 0.388 e. The lowest BCUT2D eigenvalue weighted by Gasteiger charge is -2.11. The highest BCUT2D eigenvalue weighted by molar-refractivity contribution is 6.31. The Labute approximate surface area is 93.9 Å². The summed E-state index contributed by atoms with van der Waals surface area (Å²) in [6.07, 6.45) is 6.31. The van der Waals surface area contributed by atoms with E-state index < -0.39 is 11.9 Å². The van der Waals surface area contributed by atoms with Crippen LogP contribution in [0, 0.1) is 18.2 Å². The van der Waals surface area contributed by atoms with Gasteiger partial charge in [-0.15, -0.1) is 12.3 Å². The number of aliphatic hydroxyl groups excluding tert-OH is 1. The molecule has 1 aromatic carbocycles. The summed E-state index contributed by atoms with van der Waals surface area (Å²) in [6, 6.07) is 3.98. The van der Waals surface area contributed by atoms with Crippen molar-refractivity contribution < 1.29 is 9.50 Å². The highest BCUT2D eigenvalue weighted by atomic mass is 35.5. The zero-order valence-corrected chi connectivity index (χ0v) is 8.97. The van der Waals surface area contributed by atoms with E-state index in [1.165, 1.54) is 18.2 Å². The molecule has 0 aromatic heterocycles. The van der Waals surface area contributed by atoms with Crippen LogP contribution in [0.5, 0.6) is 0 Å². The van der Waals surface area contributed by atoms with Crippen molar-refractivity contribution in [3.63, 3.8) is 0 Å². The summed E-state index contributed by atoms with van der Waals surface area (Å²) in [5.74, 6) is 2.09. The Hall–Kier alpha value is -1.04. The molecule has 1 atom stereocenters. The fraction of sp³-hybridized carbons (Fsp3) is 0.333. The first-order valence-electron chi connectivity index (χ1n) is 4.71. The van der Waals surface area contributed by atoms with Crippen molar-refractivity contribution in [2.45, 2.75) is 25.4 Å². The van der Waals surface area contributed by atoms with E-state index in [4.69, 9.17) is 18.0 Å². The SMILES string of the molecule is C#CCCCC(O)c1ccc(F)cc1Cl. The van der Waals surface area contributed by atoms with Crippen LogP contribution in [0.25, 0.3) is 0 Å². The van der Waals surface area contributed by atoms with Crippen molar-refractivity contribution in [1.82, 2.24) is 0 Å². The van der Waals surface area contributed by atoms with Crippen molar-refractivity contribution >= 4 is 11.6 Å². The molecule has 0 saturated heterocycles. The zero-order valence-electron chi connectivity index (χ0n) is 8.21. The maximum absolute atomic E-state index is 12.7. The first-order chi connectivity index (χ1) is 7.15. The second kappa shape index (κ2) is 5.75. The van der Waals surface area contributed by atoms with Crippen LogP contribution in [0.15, 0.2) is 18.2 Å². The number of terminal acetylenes is 1. The topological polar surface area (TPSA) is 20.2 Å². The van der Waals surface area contributed by atoms with Crippen LogP contribution in [-0.4, -0.2) is 5.11 Å². The van der Waals surface area contributed by atoms with Gasteiger partial charge in [-0.3, -0.25) is 0 Å². The van der Waals surface area contributed by atoms with Gasteiger partial charge in [0.05, 0.1) is 6.10 Å². The van der Waals surface area contributed by atoms with Gasteiger partial charge >= 0.3 is 0 Å². The van der Waals surface area contributed by atoms with Crippen LogP contribution in [0.2, 0.25) is 5.02 Å². The van der Waals surface area contributed by atoms with Gasteiger partial charge in [-0.05, 0) is 30.5 Å². The smallest absolute Gasteiger partial charge is 0.124 e. The lowest BCUT2D eigenvalue weighted by atomic mass is 10.0. The molecule has 0 aliphatic heterocycles. The standard InChI is InChI=1S/C12H12ClFO/c1-2-3-4-5-12(15)10-7-6-9(14)8-11(10)13/h1,6-8,12,15H,3-5H2. The van der Waals surface area contributed by atoms with Crippen LogP contribution in [0.4, 0.5) is 4.39 Å². The van der Waals surface area contributed by atoms with E-state index in [1.807, 2.05) is 0 Å².